The molecule has 28 heavy (non-hydrogen) atoms. The summed E-state index contributed by atoms with van der Waals surface area (Å²) in [6.07, 6.45) is 0.315. The van der Waals surface area contributed by atoms with Gasteiger partial charge in [0.05, 0.1) is 35.8 Å². The van der Waals surface area contributed by atoms with Crippen LogP contribution in [0.15, 0.2) is 29.5 Å². The Kier molecular flexibility index (Phi) is 5.93. The minimum absolute atomic E-state index is 0.00983. The number of benzene rings is 1. The van der Waals surface area contributed by atoms with Gasteiger partial charge in [-0.1, -0.05) is 29.3 Å². The summed E-state index contributed by atoms with van der Waals surface area (Å²) in [5.74, 6) is -0.724. The molecule has 152 valence electrons. The lowest BCUT2D eigenvalue weighted by Crippen LogP contribution is -2.52. The number of rotatable bonds is 4. The molecule has 0 radical (unpaired) electrons. The maximum Gasteiger partial charge on any atom is 0.338 e. The smallest absolute Gasteiger partial charge is 0.338 e. The van der Waals surface area contributed by atoms with Crippen molar-refractivity contribution in [3.8, 4) is 0 Å². The number of sulfone groups is 1. The molecule has 0 aliphatic carbocycles. The van der Waals surface area contributed by atoms with Crippen LogP contribution in [0.1, 0.15) is 31.9 Å². The summed E-state index contributed by atoms with van der Waals surface area (Å²) in [4.78, 5) is 26.9. The van der Waals surface area contributed by atoms with E-state index in [1.165, 1.54) is 11.0 Å². The zero-order valence-corrected chi connectivity index (χ0v) is 17.7. The van der Waals surface area contributed by atoms with Gasteiger partial charge in [-0.25, -0.2) is 18.0 Å². The van der Waals surface area contributed by atoms with E-state index in [1.807, 2.05) is 0 Å². The molecular weight excluding hydrogens is 427 g/mol. The van der Waals surface area contributed by atoms with Crippen molar-refractivity contribution in [2.24, 2.45) is 0 Å². The van der Waals surface area contributed by atoms with Gasteiger partial charge in [0.25, 0.3) is 0 Å². The molecule has 1 aromatic carbocycles. The molecule has 0 bridgehead atoms. The Morgan fingerprint density at radius 3 is 2.64 bits per heavy atom. The van der Waals surface area contributed by atoms with Gasteiger partial charge in [0.2, 0.25) is 0 Å². The number of allylic oxidation sites excluding steroid dienone is 1. The lowest BCUT2D eigenvalue weighted by Gasteiger charge is -2.38. The summed E-state index contributed by atoms with van der Waals surface area (Å²) < 4.78 is 29.0. The molecule has 2 aliphatic heterocycles. The quantitative estimate of drug-likeness (QED) is 0.717. The van der Waals surface area contributed by atoms with Crippen LogP contribution in [0.5, 0.6) is 0 Å². The minimum Gasteiger partial charge on any atom is -0.463 e. The Bertz CT molecular complexity index is 961. The number of carbonyl (C=O) groups excluding carboxylic acids is 2. The molecule has 0 aromatic heterocycles. The first kappa shape index (κ1) is 21.0. The van der Waals surface area contributed by atoms with Crippen molar-refractivity contribution in [1.82, 2.24) is 10.2 Å². The van der Waals surface area contributed by atoms with Gasteiger partial charge in [0.1, 0.15) is 0 Å². The van der Waals surface area contributed by atoms with Gasteiger partial charge in [0.15, 0.2) is 9.84 Å². The first-order valence-corrected chi connectivity index (χ1v) is 11.4. The summed E-state index contributed by atoms with van der Waals surface area (Å²) in [6, 6.07) is 2.93. The number of carbonyl (C=O) groups is 2. The highest BCUT2D eigenvalue weighted by atomic mass is 35.5. The van der Waals surface area contributed by atoms with Crippen LogP contribution in [-0.2, 0) is 19.4 Å². The molecular formula is C18H20Cl2N2O5S. The van der Waals surface area contributed by atoms with Crippen molar-refractivity contribution in [2.45, 2.75) is 32.4 Å². The van der Waals surface area contributed by atoms with Crippen LogP contribution in [0, 0.1) is 0 Å². The van der Waals surface area contributed by atoms with Crippen LogP contribution in [0.25, 0.3) is 0 Å². The molecule has 2 heterocycles. The van der Waals surface area contributed by atoms with Crippen LogP contribution >= 0.6 is 23.2 Å². The molecule has 2 aliphatic rings. The highest BCUT2D eigenvalue weighted by Crippen LogP contribution is 2.37. The van der Waals surface area contributed by atoms with Gasteiger partial charge >= 0.3 is 12.0 Å². The SMILES string of the molecule is CCOC(=O)C1=C(C)N([C@H]2CCS(=O)(=O)C2)C(=O)N[C@H]1c1ccc(Cl)cc1Cl. The third kappa shape index (κ3) is 3.99. The first-order chi connectivity index (χ1) is 13.1. The molecule has 1 saturated heterocycles. The molecule has 1 aromatic rings. The van der Waals surface area contributed by atoms with Crippen molar-refractivity contribution >= 4 is 45.0 Å². The van der Waals surface area contributed by atoms with Gasteiger partial charge in [-0.15, -0.1) is 0 Å². The second kappa shape index (κ2) is 7.93. The zero-order chi connectivity index (χ0) is 20.6. The highest BCUT2D eigenvalue weighted by molar-refractivity contribution is 7.91. The number of esters is 1. The second-order valence-corrected chi connectivity index (χ2v) is 9.77. The molecule has 0 unspecified atom stereocenters. The summed E-state index contributed by atoms with van der Waals surface area (Å²) >= 11 is 12.3. The fraction of sp³-hybridized carbons (Fsp3) is 0.444. The maximum atomic E-state index is 12.9. The number of urea groups is 1. The number of ether oxygens (including phenoxy) is 1. The Balaban J connectivity index is 2.09. The van der Waals surface area contributed by atoms with E-state index in [1.54, 1.807) is 26.0 Å². The molecule has 10 heteroatoms. The van der Waals surface area contributed by atoms with Gasteiger partial charge in [0, 0.05) is 15.7 Å². The zero-order valence-electron chi connectivity index (χ0n) is 15.4. The van der Waals surface area contributed by atoms with Crippen LogP contribution in [0.2, 0.25) is 10.0 Å². The van der Waals surface area contributed by atoms with E-state index in [9.17, 15) is 18.0 Å². The summed E-state index contributed by atoms with van der Waals surface area (Å²) in [5, 5.41) is 3.49. The molecule has 1 N–H and O–H groups in total. The van der Waals surface area contributed by atoms with Crippen molar-refractivity contribution < 1.29 is 22.7 Å². The highest BCUT2D eigenvalue weighted by Gasteiger charge is 2.43. The number of nitrogens with one attached hydrogen (secondary N) is 1. The molecule has 2 atom stereocenters. The number of halogens is 2. The average molecular weight is 447 g/mol. The lowest BCUT2D eigenvalue weighted by molar-refractivity contribution is -0.139. The minimum atomic E-state index is -3.21. The maximum absolute atomic E-state index is 12.9. The van der Waals surface area contributed by atoms with Gasteiger partial charge in [-0.05, 0) is 38.0 Å². The Hall–Kier alpha value is -1.77. The molecule has 3 rings (SSSR count). The predicted molar refractivity (Wildman–Crippen MR) is 106 cm³/mol. The fourth-order valence-electron chi connectivity index (χ4n) is 3.62. The topological polar surface area (TPSA) is 92.8 Å². The Labute approximate surface area is 173 Å². The standard InChI is InChI=1S/C18H20Cl2N2O5S/c1-3-27-17(23)15-10(2)22(12-6-7-28(25,26)9-12)18(24)21-16(15)13-5-4-11(19)8-14(13)20/h4-5,8,12,16H,3,6-7,9H2,1-2H3,(H,21,24)/t12-,16-/m0/s1. The van der Waals surface area contributed by atoms with E-state index >= 15 is 0 Å². The normalized spacial score (nSPS) is 24.3. The summed E-state index contributed by atoms with van der Waals surface area (Å²) in [5.41, 5.74) is 1.08. The van der Waals surface area contributed by atoms with Crippen LogP contribution in [0.3, 0.4) is 0 Å². The van der Waals surface area contributed by atoms with Crippen LogP contribution in [-0.4, -0.2) is 49.5 Å². The van der Waals surface area contributed by atoms with Crippen LogP contribution < -0.4 is 5.32 Å². The van der Waals surface area contributed by atoms with Crippen molar-refractivity contribution in [2.75, 3.05) is 18.1 Å². The van der Waals surface area contributed by atoms with Crippen molar-refractivity contribution in [3.05, 3.63) is 45.1 Å². The molecule has 1 fully saturated rings. The predicted octanol–water partition coefficient (Wildman–Crippen LogP) is 3.08. The number of amides is 2. The summed E-state index contributed by atoms with van der Waals surface area (Å²) in [7, 11) is -3.21. The lowest BCUT2D eigenvalue weighted by atomic mass is 9.94. The third-order valence-electron chi connectivity index (χ3n) is 4.87. The average Bonchev–Trinajstić information content (AvgIpc) is 2.94. The van der Waals surface area contributed by atoms with Crippen molar-refractivity contribution in [3.63, 3.8) is 0 Å². The monoisotopic (exact) mass is 446 g/mol. The van der Waals surface area contributed by atoms with Gasteiger partial charge < -0.3 is 10.1 Å². The fourth-order valence-corrected chi connectivity index (χ4v) is 5.84. The largest absolute Gasteiger partial charge is 0.463 e. The van der Waals surface area contributed by atoms with Gasteiger partial charge in [-0.3, -0.25) is 4.90 Å². The molecule has 2 amide bonds. The Morgan fingerprint density at radius 2 is 2.07 bits per heavy atom. The summed E-state index contributed by atoms with van der Waals surface area (Å²) in [6.45, 7) is 3.45. The van der Waals surface area contributed by atoms with E-state index < -0.39 is 33.9 Å². The molecule has 0 saturated carbocycles. The van der Waals surface area contributed by atoms with E-state index in [4.69, 9.17) is 27.9 Å². The van der Waals surface area contributed by atoms with Crippen LogP contribution in [0.4, 0.5) is 4.79 Å². The third-order valence-corrected chi connectivity index (χ3v) is 7.18. The second-order valence-electron chi connectivity index (χ2n) is 6.69. The number of nitrogens with zero attached hydrogens (tertiary/aromatic N) is 1. The van der Waals surface area contributed by atoms with Gasteiger partial charge in [-0.2, -0.15) is 0 Å². The molecule has 7 nitrogen and oxygen atoms in total. The Morgan fingerprint density at radius 1 is 1.36 bits per heavy atom. The first-order valence-electron chi connectivity index (χ1n) is 8.77. The number of hydrogen-bond donors (Lipinski definition) is 1. The van der Waals surface area contributed by atoms with Crippen molar-refractivity contribution in [1.29, 1.82) is 0 Å². The number of hydrogen-bond acceptors (Lipinski definition) is 5. The molecule has 0 spiro atoms. The van der Waals surface area contributed by atoms with E-state index in [-0.39, 0.29) is 23.7 Å². The van der Waals surface area contributed by atoms with E-state index in [0.29, 0.717) is 27.7 Å². The van der Waals surface area contributed by atoms with E-state index in [0.717, 1.165) is 0 Å². The van der Waals surface area contributed by atoms with E-state index in [2.05, 4.69) is 5.32 Å².